The number of nitrogens with two attached hydrogens (primary N) is 1. The molecule has 3 aromatic carbocycles. The van der Waals surface area contributed by atoms with Crippen LogP contribution in [-0.2, 0) is 11.3 Å². The average molecular weight is 436 g/mol. The number of carbonyl (C=O) groups excluding carboxylic acids is 1. The zero-order valence-electron chi connectivity index (χ0n) is 17.7. The van der Waals surface area contributed by atoms with E-state index < -0.39 is 0 Å². The summed E-state index contributed by atoms with van der Waals surface area (Å²) in [5, 5.41) is 4.90. The van der Waals surface area contributed by atoms with Gasteiger partial charge in [0.2, 0.25) is 5.91 Å². The molecule has 0 aliphatic carbocycles. The topological polar surface area (TPSA) is 83.8 Å². The maximum Gasteiger partial charge on any atom is 0.244 e. The third-order valence-electron chi connectivity index (χ3n) is 5.45. The van der Waals surface area contributed by atoms with E-state index in [1.165, 1.54) is 18.2 Å². The van der Waals surface area contributed by atoms with Gasteiger partial charge in [-0.25, -0.2) is 9.37 Å². The molecule has 6 heteroatoms. The Balaban J connectivity index is 1.47. The highest BCUT2D eigenvalue weighted by molar-refractivity contribution is 6.11. The molecule has 0 bridgehead atoms. The standard InChI is InChI=1S/C27H21FN4O/c28-19-5-3-4-18(14-19)26-27-23(22-6-1-2-7-24(22)32-27)15-21(31-26)16-30-25(33)13-10-17-8-11-20(29)12-9-17/h1-15,32H,16,29H2,(H,30,33)/b13-10+. The minimum atomic E-state index is -0.329. The van der Waals surface area contributed by atoms with E-state index in [-0.39, 0.29) is 18.3 Å². The summed E-state index contributed by atoms with van der Waals surface area (Å²) in [4.78, 5) is 20.5. The van der Waals surface area contributed by atoms with Crippen molar-refractivity contribution in [2.24, 2.45) is 0 Å². The Kier molecular flexibility index (Phi) is 5.32. The summed E-state index contributed by atoms with van der Waals surface area (Å²) >= 11 is 0. The molecule has 2 heterocycles. The number of aromatic amines is 1. The Morgan fingerprint density at radius 1 is 1.00 bits per heavy atom. The Morgan fingerprint density at radius 3 is 2.64 bits per heavy atom. The lowest BCUT2D eigenvalue weighted by atomic mass is 10.1. The SMILES string of the molecule is Nc1ccc(/C=C/C(=O)NCc2cc3c([nH]c4ccccc43)c(-c3cccc(F)c3)n2)cc1. The van der Waals surface area contributed by atoms with Crippen molar-refractivity contribution in [1.29, 1.82) is 0 Å². The van der Waals surface area contributed by atoms with Crippen LogP contribution in [0.4, 0.5) is 10.1 Å². The number of halogens is 1. The van der Waals surface area contributed by atoms with E-state index in [1.54, 1.807) is 24.3 Å². The monoisotopic (exact) mass is 436 g/mol. The third kappa shape index (κ3) is 4.32. The van der Waals surface area contributed by atoms with Gasteiger partial charge in [-0.3, -0.25) is 4.79 Å². The van der Waals surface area contributed by atoms with E-state index in [2.05, 4.69) is 10.3 Å². The summed E-state index contributed by atoms with van der Waals surface area (Å²) in [5.74, 6) is -0.565. The molecule has 1 amide bonds. The van der Waals surface area contributed by atoms with Gasteiger partial charge in [-0.05, 0) is 48.0 Å². The van der Waals surface area contributed by atoms with Gasteiger partial charge in [0.1, 0.15) is 5.82 Å². The highest BCUT2D eigenvalue weighted by Crippen LogP contribution is 2.32. The number of pyridine rings is 1. The molecule has 0 aliphatic rings. The summed E-state index contributed by atoms with van der Waals surface area (Å²) in [7, 11) is 0. The minimum Gasteiger partial charge on any atom is -0.399 e. The number of aromatic nitrogens is 2. The summed E-state index contributed by atoms with van der Waals surface area (Å²) < 4.78 is 13.9. The van der Waals surface area contributed by atoms with E-state index in [0.717, 1.165) is 27.4 Å². The lowest BCUT2D eigenvalue weighted by Crippen LogP contribution is -2.21. The lowest BCUT2D eigenvalue weighted by molar-refractivity contribution is -0.116. The van der Waals surface area contributed by atoms with Gasteiger partial charge in [0, 0.05) is 33.6 Å². The highest BCUT2D eigenvalue weighted by Gasteiger charge is 2.14. The van der Waals surface area contributed by atoms with Crippen LogP contribution in [-0.4, -0.2) is 15.9 Å². The van der Waals surface area contributed by atoms with E-state index in [9.17, 15) is 9.18 Å². The average Bonchev–Trinajstić information content (AvgIpc) is 3.20. The molecule has 0 saturated heterocycles. The fraction of sp³-hybridized carbons (Fsp3) is 0.0370. The Bertz CT molecular complexity index is 1500. The van der Waals surface area contributed by atoms with Crippen LogP contribution in [0.25, 0.3) is 39.1 Å². The number of nitrogens with zero attached hydrogens (tertiary/aromatic N) is 1. The fourth-order valence-corrected chi connectivity index (χ4v) is 3.85. The molecule has 5 aromatic rings. The van der Waals surface area contributed by atoms with Gasteiger partial charge in [0.25, 0.3) is 0 Å². The Hall–Kier alpha value is -4.45. The first-order valence-electron chi connectivity index (χ1n) is 10.5. The van der Waals surface area contributed by atoms with Crippen molar-refractivity contribution in [3.05, 3.63) is 102 Å². The van der Waals surface area contributed by atoms with Crippen LogP contribution in [0.2, 0.25) is 0 Å². The van der Waals surface area contributed by atoms with Crippen molar-refractivity contribution in [2.45, 2.75) is 6.54 Å². The zero-order chi connectivity index (χ0) is 22.8. The van der Waals surface area contributed by atoms with Gasteiger partial charge < -0.3 is 16.0 Å². The second kappa shape index (κ2) is 8.59. The number of hydrogen-bond acceptors (Lipinski definition) is 3. The lowest BCUT2D eigenvalue weighted by Gasteiger charge is -2.08. The van der Waals surface area contributed by atoms with Crippen LogP contribution in [0.15, 0.2) is 84.9 Å². The van der Waals surface area contributed by atoms with E-state index in [1.807, 2.05) is 48.5 Å². The molecule has 5 nitrogen and oxygen atoms in total. The predicted octanol–water partition coefficient (Wildman–Crippen LogP) is 5.43. The number of nitrogen functional groups attached to an aromatic ring is 1. The number of anilines is 1. The highest BCUT2D eigenvalue weighted by atomic mass is 19.1. The van der Waals surface area contributed by atoms with Crippen LogP contribution < -0.4 is 11.1 Å². The van der Waals surface area contributed by atoms with E-state index in [4.69, 9.17) is 10.7 Å². The summed E-state index contributed by atoms with van der Waals surface area (Å²) in [5.41, 5.74) is 11.0. The summed E-state index contributed by atoms with van der Waals surface area (Å²) in [6.07, 6.45) is 3.20. The largest absolute Gasteiger partial charge is 0.399 e. The van der Waals surface area contributed by atoms with Gasteiger partial charge in [-0.2, -0.15) is 0 Å². The van der Waals surface area contributed by atoms with Crippen molar-refractivity contribution in [1.82, 2.24) is 15.3 Å². The summed E-state index contributed by atoms with van der Waals surface area (Å²) in [6, 6.07) is 23.5. The molecule has 5 rings (SSSR count). The maximum atomic E-state index is 13.9. The van der Waals surface area contributed by atoms with E-state index in [0.29, 0.717) is 22.6 Å². The second-order valence-corrected chi connectivity index (χ2v) is 7.78. The Morgan fingerprint density at radius 2 is 1.82 bits per heavy atom. The second-order valence-electron chi connectivity index (χ2n) is 7.78. The number of nitrogens with one attached hydrogen (secondary N) is 2. The van der Waals surface area contributed by atoms with Crippen LogP contribution in [0, 0.1) is 5.82 Å². The first-order valence-corrected chi connectivity index (χ1v) is 10.5. The van der Waals surface area contributed by atoms with Gasteiger partial charge in [0.05, 0.1) is 23.4 Å². The van der Waals surface area contributed by atoms with E-state index >= 15 is 0 Å². The molecule has 2 aromatic heterocycles. The predicted molar refractivity (Wildman–Crippen MR) is 131 cm³/mol. The Labute approximate surface area is 189 Å². The number of hydrogen-bond donors (Lipinski definition) is 3. The number of H-pyrrole nitrogens is 1. The number of para-hydroxylation sites is 1. The van der Waals surface area contributed by atoms with Crippen molar-refractivity contribution in [3.8, 4) is 11.3 Å². The number of benzene rings is 3. The van der Waals surface area contributed by atoms with Crippen molar-refractivity contribution in [3.63, 3.8) is 0 Å². The van der Waals surface area contributed by atoms with Crippen molar-refractivity contribution >= 4 is 39.5 Å². The molecule has 0 saturated carbocycles. The van der Waals surface area contributed by atoms with Gasteiger partial charge in [0.15, 0.2) is 0 Å². The van der Waals surface area contributed by atoms with Gasteiger partial charge >= 0.3 is 0 Å². The number of amides is 1. The maximum absolute atomic E-state index is 13.9. The van der Waals surface area contributed by atoms with Gasteiger partial charge in [-0.1, -0.05) is 42.5 Å². The molecule has 4 N–H and O–H groups in total. The fourth-order valence-electron chi connectivity index (χ4n) is 3.85. The number of fused-ring (bicyclic) bond motifs is 3. The molecule has 0 aliphatic heterocycles. The summed E-state index contributed by atoms with van der Waals surface area (Å²) in [6.45, 7) is 0.239. The first kappa shape index (κ1) is 20.5. The quantitative estimate of drug-likeness (QED) is 0.254. The van der Waals surface area contributed by atoms with Crippen LogP contribution in [0.3, 0.4) is 0 Å². The molecule has 33 heavy (non-hydrogen) atoms. The molecule has 0 fully saturated rings. The third-order valence-corrected chi connectivity index (χ3v) is 5.45. The van der Waals surface area contributed by atoms with Crippen molar-refractivity contribution < 1.29 is 9.18 Å². The molecule has 0 unspecified atom stereocenters. The normalized spacial score (nSPS) is 11.4. The molecule has 0 atom stereocenters. The van der Waals surface area contributed by atoms with Crippen LogP contribution >= 0.6 is 0 Å². The smallest absolute Gasteiger partial charge is 0.244 e. The first-order chi connectivity index (χ1) is 16.1. The number of rotatable bonds is 5. The minimum absolute atomic E-state index is 0.236. The van der Waals surface area contributed by atoms with Crippen LogP contribution in [0.1, 0.15) is 11.3 Å². The zero-order valence-corrected chi connectivity index (χ0v) is 17.7. The van der Waals surface area contributed by atoms with Crippen LogP contribution in [0.5, 0.6) is 0 Å². The molecule has 0 spiro atoms. The molecular formula is C27H21FN4O. The van der Waals surface area contributed by atoms with Crippen molar-refractivity contribution in [2.75, 3.05) is 5.73 Å². The number of carbonyl (C=O) groups is 1. The molecule has 162 valence electrons. The molecular weight excluding hydrogens is 415 g/mol. The molecule has 0 radical (unpaired) electrons. The van der Waals surface area contributed by atoms with Gasteiger partial charge in [-0.15, -0.1) is 0 Å².